The molecule has 0 saturated heterocycles. The van der Waals surface area contributed by atoms with Gasteiger partial charge in [0.15, 0.2) is 0 Å². The summed E-state index contributed by atoms with van der Waals surface area (Å²) in [6, 6.07) is 6.13. The highest BCUT2D eigenvalue weighted by molar-refractivity contribution is 7.17. The quantitative estimate of drug-likeness (QED) is 0.683. The Morgan fingerprint density at radius 1 is 1.22 bits per heavy atom. The lowest BCUT2D eigenvalue weighted by molar-refractivity contribution is 0.0601. The lowest BCUT2D eigenvalue weighted by Crippen LogP contribution is -2.17. The van der Waals surface area contributed by atoms with Crippen molar-refractivity contribution < 1.29 is 18.7 Å². The monoisotopic (exact) mass is 386 g/mol. The standard InChI is InChI=1S/C20H19FN2O3S/c1-23-14-10-12(21)8-7-11(14)9-15(23)18(24)22-19-17(20(25)26-2)13-5-3-4-6-16(13)27-19/h7-10H,3-6H2,1-2H3,(H,22,24). The van der Waals surface area contributed by atoms with E-state index >= 15 is 0 Å². The molecule has 2 aromatic heterocycles. The minimum Gasteiger partial charge on any atom is -0.465 e. The van der Waals surface area contributed by atoms with Gasteiger partial charge in [0.05, 0.1) is 18.2 Å². The van der Waals surface area contributed by atoms with Crippen molar-refractivity contribution in [3.63, 3.8) is 0 Å². The predicted octanol–water partition coefficient (Wildman–Crippen LogP) is 4.30. The summed E-state index contributed by atoms with van der Waals surface area (Å²) in [5.41, 5.74) is 2.50. The summed E-state index contributed by atoms with van der Waals surface area (Å²) in [6.45, 7) is 0. The van der Waals surface area contributed by atoms with Crippen LogP contribution in [0, 0.1) is 5.82 Å². The molecule has 3 aromatic rings. The molecule has 0 aliphatic heterocycles. The SMILES string of the molecule is COC(=O)c1c(NC(=O)c2cc3ccc(F)cc3n2C)sc2c1CCCC2. The smallest absolute Gasteiger partial charge is 0.341 e. The summed E-state index contributed by atoms with van der Waals surface area (Å²) in [5.74, 6) is -1.11. The average molecular weight is 386 g/mol. The third kappa shape index (κ3) is 3.02. The van der Waals surface area contributed by atoms with Gasteiger partial charge in [-0.15, -0.1) is 11.3 Å². The molecule has 2 heterocycles. The van der Waals surface area contributed by atoms with Crippen LogP contribution in [-0.4, -0.2) is 23.6 Å². The number of hydrogen-bond acceptors (Lipinski definition) is 4. The summed E-state index contributed by atoms with van der Waals surface area (Å²) in [5, 5.41) is 4.18. The second-order valence-corrected chi connectivity index (χ2v) is 7.76. The molecule has 7 heteroatoms. The van der Waals surface area contributed by atoms with Gasteiger partial charge < -0.3 is 14.6 Å². The van der Waals surface area contributed by atoms with E-state index in [0.717, 1.165) is 41.5 Å². The van der Waals surface area contributed by atoms with Crippen LogP contribution >= 0.6 is 11.3 Å². The first-order chi connectivity index (χ1) is 13.0. The first-order valence-corrected chi connectivity index (χ1v) is 9.60. The fourth-order valence-corrected chi connectivity index (χ4v) is 4.93. The Bertz CT molecular complexity index is 1070. The van der Waals surface area contributed by atoms with Crippen LogP contribution < -0.4 is 5.32 Å². The number of carbonyl (C=O) groups is 2. The average Bonchev–Trinajstić information content (AvgIpc) is 3.18. The number of amides is 1. The van der Waals surface area contributed by atoms with E-state index in [1.165, 1.54) is 30.6 Å². The van der Waals surface area contributed by atoms with Crippen LogP contribution in [0.25, 0.3) is 10.9 Å². The van der Waals surface area contributed by atoms with Crippen molar-refractivity contribution in [1.29, 1.82) is 0 Å². The molecule has 0 unspecified atom stereocenters. The van der Waals surface area contributed by atoms with Gasteiger partial charge in [0.2, 0.25) is 0 Å². The Labute approximate surface area is 159 Å². The number of hydrogen-bond donors (Lipinski definition) is 1. The predicted molar refractivity (Wildman–Crippen MR) is 103 cm³/mol. The van der Waals surface area contributed by atoms with E-state index in [1.807, 2.05) is 0 Å². The zero-order valence-electron chi connectivity index (χ0n) is 15.1. The van der Waals surface area contributed by atoms with Gasteiger partial charge in [-0.05, 0) is 55.5 Å². The summed E-state index contributed by atoms with van der Waals surface area (Å²) >= 11 is 1.44. The molecule has 27 heavy (non-hydrogen) atoms. The van der Waals surface area contributed by atoms with E-state index in [9.17, 15) is 14.0 Å². The van der Waals surface area contributed by atoms with Gasteiger partial charge in [0.1, 0.15) is 16.5 Å². The third-order valence-electron chi connectivity index (χ3n) is 5.03. The highest BCUT2D eigenvalue weighted by Crippen LogP contribution is 2.38. The number of aryl methyl sites for hydroxylation is 2. The number of nitrogens with zero attached hydrogens (tertiary/aromatic N) is 1. The van der Waals surface area contributed by atoms with E-state index < -0.39 is 5.97 Å². The van der Waals surface area contributed by atoms with Gasteiger partial charge in [0.25, 0.3) is 5.91 Å². The molecule has 0 radical (unpaired) electrons. The van der Waals surface area contributed by atoms with Gasteiger partial charge in [-0.3, -0.25) is 4.79 Å². The molecule has 1 N–H and O–H groups in total. The number of aromatic nitrogens is 1. The summed E-state index contributed by atoms with van der Waals surface area (Å²) < 4.78 is 20.1. The Kier molecular flexibility index (Phi) is 4.47. The van der Waals surface area contributed by atoms with Crippen molar-refractivity contribution in [2.45, 2.75) is 25.7 Å². The van der Waals surface area contributed by atoms with Crippen LogP contribution in [-0.2, 0) is 24.6 Å². The van der Waals surface area contributed by atoms with Gasteiger partial charge in [-0.1, -0.05) is 0 Å². The van der Waals surface area contributed by atoms with Crippen molar-refractivity contribution in [2.24, 2.45) is 7.05 Å². The van der Waals surface area contributed by atoms with Crippen LogP contribution in [0.2, 0.25) is 0 Å². The second kappa shape index (κ2) is 6.81. The van der Waals surface area contributed by atoms with Crippen molar-refractivity contribution in [3.8, 4) is 0 Å². The van der Waals surface area contributed by atoms with Crippen LogP contribution in [0.15, 0.2) is 24.3 Å². The van der Waals surface area contributed by atoms with Gasteiger partial charge in [0, 0.05) is 17.3 Å². The summed E-state index contributed by atoms with van der Waals surface area (Å²) in [4.78, 5) is 26.3. The van der Waals surface area contributed by atoms with Crippen molar-refractivity contribution in [1.82, 2.24) is 4.57 Å². The van der Waals surface area contributed by atoms with E-state index in [2.05, 4.69) is 5.32 Å². The first kappa shape index (κ1) is 17.7. The summed E-state index contributed by atoms with van der Waals surface area (Å²) in [6.07, 6.45) is 3.83. The molecule has 0 fully saturated rings. The minimum absolute atomic E-state index is 0.335. The zero-order chi connectivity index (χ0) is 19.1. The Balaban J connectivity index is 1.72. The van der Waals surface area contributed by atoms with E-state index in [-0.39, 0.29) is 11.7 Å². The number of benzene rings is 1. The number of esters is 1. The highest BCUT2D eigenvalue weighted by Gasteiger charge is 2.27. The minimum atomic E-state index is -0.427. The van der Waals surface area contributed by atoms with Gasteiger partial charge in [-0.25, -0.2) is 9.18 Å². The van der Waals surface area contributed by atoms with Gasteiger partial charge in [-0.2, -0.15) is 0 Å². The second-order valence-electron chi connectivity index (χ2n) is 6.65. The third-order valence-corrected chi connectivity index (χ3v) is 6.24. The molecular formula is C20H19FN2O3S. The Hall–Kier alpha value is -2.67. The van der Waals surface area contributed by atoms with Crippen molar-refractivity contribution >= 4 is 39.1 Å². The van der Waals surface area contributed by atoms with Gasteiger partial charge >= 0.3 is 5.97 Å². The van der Waals surface area contributed by atoms with Crippen molar-refractivity contribution in [3.05, 3.63) is 51.8 Å². The molecule has 5 nitrogen and oxygen atoms in total. The molecule has 1 aliphatic rings. The number of anilines is 1. The maximum Gasteiger partial charge on any atom is 0.341 e. The highest BCUT2D eigenvalue weighted by atomic mass is 32.1. The van der Waals surface area contributed by atoms with Crippen LogP contribution in [0.5, 0.6) is 0 Å². The molecule has 0 saturated carbocycles. The number of nitrogens with one attached hydrogen (secondary N) is 1. The van der Waals surface area contributed by atoms with E-state index in [0.29, 0.717) is 21.8 Å². The number of methoxy groups -OCH3 is 1. The first-order valence-electron chi connectivity index (χ1n) is 8.78. The number of thiophene rings is 1. The largest absolute Gasteiger partial charge is 0.465 e. The molecule has 0 atom stereocenters. The number of rotatable bonds is 3. The fourth-order valence-electron chi connectivity index (χ4n) is 3.66. The molecular weight excluding hydrogens is 367 g/mol. The Morgan fingerprint density at radius 3 is 2.78 bits per heavy atom. The molecule has 1 amide bonds. The van der Waals surface area contributed by atoms with Crippen LogP contribution in [0.4, 0.5) is 9.39 Å². The maximum atomic E-state index is 13.5. The number of carbonyl (C=O) groups excluding carboxylic acids is 2. The number of halogens is 1. The van der Waals surface area contributed by atoms with Crippen LogP contribution in [0.3, 0.4) is 0 Å². The molecule has 1 aliphatic carbocycles. The number of fused-ring (bicyclic) bond motifs is 2. The fraction of sp³-hybridized carbons (Fsp3) is 0.300. The van der Waals surface area contributed by atoms with E-state index in [1.54, 1.807) is 23.7 Å². The van der Waals surface area contributed by atoms with Crippen LogP contribution in [0.1, 0.15) is 44.1 Å². The molecule has 140 valence electrons. The molecule has 0 spiro atoms. The molecule has 1 aromatic carbocycles. The topological polar surface area (TPSA) is 60.3 Å². The molecule has 4 rings (SSSR count). The number of ether oxygens (including phenoxy) is 1. The lowest BCUT2D eigenvalue weighted by Gasteiger charge is -2.11. The zero-order valence-corrected chi connectivity index (χ0v) is 15.9. The maximum absolute atomic E-state index is 13.5. The normalized spacial score (nSPS) is 13.4. The molecule has 0 bridgehead atoms. The van der Waals surface area contributed by atoms with E-state index in [4.69, 9.17) is 4.74 Å². The van der Waals surface area contributed by atoms with Crippen molar-refractivity contribution in [2.75, 3.05) is 12.4 Å². The Morgan fingerprint density at radius 2 is 2.00 bits per heavy atom. The summed E-state index contributed by atoms with van der Waals surface area (Å²) in [7, 11) is 3.07. The lowest BCUT2D eigenvalue weighted by atomic mass is 9.95.